The molecule has 0 radical (unpaired) electrons. The first kappa shape index (κ1) is 16.2. The van der Waals surface area contributed by atoms with E-state index in [0.29, 0.717) is 11.3 Å². The molecule has 0 heterocycles. The zero-order valence-corrected chi connectivity index (χ0v) is 13.4. The average Bonchev–Trinajstić information content (AvgIpc) is 2.44. The molecule has 6 heteroatoms. The van der Waals surface area contributed by atoms with Crippen molar-refractivity contribution in [1.82, 2.24) is 0 Å². The van der Waals surface area contributed by atoms with Gasteiger partial charge in [-0.3, -0.25) is 0 Å². The maximum Gasteiger partial charge on any atom is 0.146 e. The number of aliphatic hydroxyl groups excluding tert-OH is 1. The van der Waals surface area contributed by atoms with Gasteiger partial charge in [0, 0.05) is 0 Å². The molecule has 0 saturated heterocycles. The third-order valence-electron chi connectivity index (χ3n) is 2.95. The van der Waals surface area contributed by atoms with Gasteiger partial charge in [0.05, 0.1) is 21.2 Å². The van der Waals surface area contributed by atoms with Gasteiger partial charge in [0.1, 0.15) is 24.0 Å². The van der Waals surface area contributed by atoms with E-state index in [2.05, 4.69) is 15.9 Å². The molecule has 0 aliphatic carbocycles. The van der Waals surface area contributed by atoms with E-state index < -0.39 is 17.7 Å². The summed E-state index contributed by atoms with van der Waals surface area (Å²) in [5.74, 6) is -1.10. The SMILES string of the molecule is C[C@@H](O)c1ccc(OCc2c(F)ccc(Br)c2F)c(Cl)c1. The molecule has 0 aromatic heterocycles. The Bertz CT molecular complexity index is 662. The van der Waals surface area contributed by atoms with E-state index in [1.807, 2.05) is 0 Å². The van der Waals surface area contributed by atoms with Gasteiger partial charge in [-0.05, 0) is 52.7 Å². The van der Waals surface area contributed by atoms with Crippen LogP contribution in [0.15, 0.2) is 34.8 Å². The molecule has 2 rings (SSSR count). The van der Waals surface area contributed by atoms with Crippen molar-refractivity contribution < 1.29 is 18.6 Å². The highest BCUT2D eigenvalue weighted by Gasteiger charge is 2.14. The van der Waals surface area contributed by atoms with Gasteiger partial charge in [-0.15, -0.1) is 0 Å². The number of halogens is 4. The van der Waals surface area contributed by atoms with Crippen molar-refractivity contribution in [3.05, 3.63) is 62.6 Å². The van der Waals surface area contributed by atoms with Gasteiger partial charge in [-0.2, -0.15) is 0 Å². The monoisotopic (exact) mass is 376 g/mol. The predicted octanol–water partition coefficient (Wildman–Crippen LogP) is 5.01. The fourth-order valence-corrected chi connectivity index (χ4v) is 2.36. The maximum atomic E-state index is 13.8. The van der Waals surface area contributed by atoms with E-state index in [4.69, 9.17) is 16.3 Å². The van der Waals surface area contributed by atoms with Crippen LogP contribution in [0.4, 0.5) is 8.78 Å². The molecular weight excluding hydrogens is 366 g/mol. The quantitative estimate of drug-likeness (QED) is 0.759. The second kappa shape index (κ2) is 6.73. The van der Waals surface area contributed by atoms with Crippen LogP contribution >= 0.6 is 27.5 Å². The van der Waals surface area contributed by atoms with Crippen molar-refractivity contribution in [1.29, 1.82) is 0 Å². The van der Waals surface area contributed by atoms with Crippen LogP contribution in [-0.2, 0) is 6.61 Å². The smallest absolute Gasteiger partial charge is 0.146 e. The second-order valence-corrected chi connectivity index (χ2v) is 5.74. The van der Waals surface area contributed by atoms with Crippen molar-refractivity contribution >= 4 is 27.5 Å². The van der Waals surface area contributed by atoms with Gasteiger partial charge in [-0.25, -0.2) is 8.78 Å². The van der Waals surface area contributed by atoms with Crippen molar-refractivity contribution in [3.8, 4) is 5.75 Å². The molecule has 21 heavy (non-hydrogen) atoms. The number of hydrogen-bond acceptors (Lipinski definition) is 2. The Morgan fingerprint density at radius 1 is 1.29 bits per heavy atom. The lowest BCUT2D eigenvalue weighted by molar-refractivity contribution is 0.199. The zero-order chi connectivity index (χ0) is 15.6. The van der Waals surface area contributed by atoms with Crippen molar-refractivity contribution in [2.24, 2.45) is 0 Å². The van der Waals surface area contributed by atoms with Crippen LogP contribution in [0.25, 0.3) is 0 Å². The molecule has 2 aromatic rings. The Labute approximate surface area is 134 Å². The summed E-state index contributed by atoms with van der Waals surface area (Å²) in [4.78, 5) is 0. The summed E-state index contributed by atoms with van der Waals surface area (Å²) in [7, 11) is 0. The third-order valence-corrected chi connectivity index (χ3v) is 3.86. The number of aliphatic hydroxyl groups is 1. The standard InChI is InChI=1S/C15H12BrClF2O2/c1-8(20)9-2-5-14(12(17)6-9)21-7-10-13(18)4-3-11(16)15(10)19/h2-6,8,20H,7H2,1H3/t8-/m1/s1. The average molecular weight is 378 g/mol. The van der Waals surface area contributed by atoms with E-state index in [1.165, 1.54) is 6.07 Å². The number of hydrogen-bond donors (Lipinski definition) is 1. The fourth-order valence-electron chi connectivity index (χ4n) is 1.75. The Kier molecular flexibility index (Phi) is 5.19. The summed E-state index contributed by atoms with van der Waals surface area (Å²) in [6, 6.07) is 7.19. The minimum Gasteiger partial charge on any atom is -0.487 e. The van der Waals surface area contributed by atoms with E-state index in [0.717, 1.165) is 6.07 Å². The lowest BCUT2D eigenvalue weighted by Crippen LogP contribution is -2.03. The summed E-state index contributed by atoms with van der Waals surface area (Å²) in [6.07, 6.45) is -0.656. The molecule has 2 aromatic carbocycles. The molecule has 1 atom stereocenters. The topological polar surface area (TPSA) is 29.5 Å². The first-order valence-corrected chi connectivity index (χ1v) is 7.30. The van der Waals surface area contributed by atoms with E-state index >= 15 is 0 Å². The van der Waals surface area contributed by atoms with Crippen molar-refractivity contribution in [3.63, 3.8) is 0 Å². The molecule has 0 saturated carbocycles. The van der Waals surface area contributed by atoms with Crippen molar-refractivity contribution in [2.45, 2.75) is 19.6 Å². The number of ether oxygens (including phenoxy) is 1. The molecule has 0 amide bonds. The van der Waals surface area contributed by atoms with E-state index in [1.54, 1.807) is 25.1 Å². The molecule has 112 valence electrons. The molecular formula is C15H12BrClF2O2. The lowest BCUT2D eigenvalue weighted by atomic mass is 10.1. The van der Waals surface area contributed by atoms with Gasteiger partial charge in [0.2, 0.25) is 0 Å². The van der Waals surface area contributed by atoms with Gasteiger partial charge >= 0.3 is 0 Å². The van der Waals surface area contributed by atoms with Crippen LogP contribution < -0.4 is 4.74 Å². The number of benzene rings is 2. The maximum absolute atomic E-state index is 13.8. The molecule has 1 N–H and O–H groups in total. The molecule has 0 fully saturated rings. The van der Waals surface area contributed by atoms with E-state index in [-0.39, 0.29) is 21.7 Å². The Balaban J connectivity index is 2.19. The van der Waals surface area contributed by atoms with Crippen molar-refractivity contribution in [2.75, 3.05) is 0 Å². The van der Waals surface area contributed by atoms with Gasteiger partial charge < -0.3 is 9.84 Å². The molecule has 2 nitrogen and oxygen atoms in total. The van der Waals surface area contributed by atoms with Crippen LogP contribution in [0.5, 0.6) is 5.75 Å². The highest BCUT2D eigenvalue weighted by atomic mass is 79.9. The summed E-state index contributed by atoms with van der Waals surface area (Å²) in [6.45, 7) is 1.32. The van der Waals surface area contributed by atoms with Crippen LogP contribution in [0.3, 0.4) is 0 Å². The second-order valence-electron chi connectivity index (χ2n) is 4.48. The Morgan fingerprint density at radius 3 is 2.62 bits per heavy atom. The minimum atomic E-state index is -0.702. The van der Waals surface area contributed by atoms with Gasteiger partial charge in [0.15, 0.2) is 0 Å². The van der Waals surface area contributed by atoms with Crippen LogP contribution in [0, 0.1) is 11.6 Å². The summed E-state index contributed by atoms with van der Waals surface area (Å²) >= 11 is 9.01. The summed E-state index contributed by atoms with van der Waals surface area (Å²) in [5, 5.41) is 9.71. The molecule has 0 unspecified atom stereocenters. The van der Waals surface area contributed by atoms with Crippen LogP contribution in [0.2, 0.25) is 5.02 Å². The molecule has 0 spiro atoms. The van der Waals surface area contributed by atoms with Gasteiger partial charge in [0.25, 0.3) is 0 Å². The first-order valence-electron chi connectivity index (χ1n) is 6.13. The lowest BCUT2D eigenvalue weighted by Gasteiger charge is -2.12. The molecule has 0 aliphatic heterocycles. The van der Waals surface area contributed by atoms with E-state index in [9.17, 15) is 13.9 Å². The van der Waals surface area contributed by atoms with Crippen LogP contribution in [0.1, 0.15) is 24.2 Å². The highest BCUT2D eigenvalue weighted by molar-refractivity contribution is 9.10. The number of rotatable bonds is 4. The molecule has 0 aliphatic rings. The van der Waals surface area contributed by atoms with Crippen LogP contribution in [-0.4, -0.2) is 5.11 Å². The Hall–Kier alpha value is -1.17. The summed E-state index contributed by atoms with van der Waals surface area (Å²) in [5.41, 5.74) is 0.451. The zero-order valence-electron chi connectivity index (χ0n) is 11.0. The predicted molar refractivity (Wildman–Crippen MR) is 80.5 cm³/mol. The Morgan fingerprint density at radius 2 is 2.00 bits per heavy atom. The fraction of sp³-hybridized carbons (Fsp3) is 0.200. The minimum absolute atomic E-state index is 0.165. The normalized spacial score (nSPS) is 12.3. The van der Waals surface area contributed by atoms with Gasteiger partial charge in [-0.1, -0.05) is 17.7 Å². The molecule has 0 bridgehead atoms. The summed E-state index contributed by atoms with van der Waals surface area (Å²) < 4.78 is 32.9. The highest BCUT2D eigenvalue weighted by Crippen LogP contribution is 2.29. The third kappa shape index (κ3) is 3.73. The largest absolute Gasteiger partial charge is 0.487 e. The first-order chi connectivity index (χ1) is 9.90.